The first kappa shape index (κ1) is 19.7. The minimum atomic E-state index is 0.00463. The average molecular weight is 336 g/mol. The number of likely N-dealkylation sites (tertiary alicyclic amines) is 1. The number of carbonyl (C=O) groups is 2. The van der Waals surface area contributed by atoms with Crippen LogP contribution >= 0.6 is 0 Å². The molecule has 0 saturated carbocycles. The van der Waals surface area contributed by atoms with Crippen LogP contribution in [0.3, 0.4) is 0 Å². The van der Waals surface area contributed by atoms with Crippen molar-refractivity contribution in [3.8, 4) is 5.75 Å². The van der Waals surface area contributed by atoms with Crippen LogP contribution in [-0.2, 0) is 4.79 Å². The average Bonchev–Trinajstić information content (AvgIpc) is 3.17. The Kier molecular flexibility index (Phi) is 8.60. The van der Waals surface area contributed by atoms with E-state index in [0.29, 0.717) is 17.9 Å². The second kappa shape index (κ2) is 10.5. The summed E-state index contributed by atoms with van der Waals surface area (Å²) in [4.78, 5) is 27.9. The van der Waals surface area contributed by atoms with Crippen LogP contribution in [-0.4, -0.2) is 55.0 Å². The second-order valence-corrected chi connectivity index (χ2v) is 5.15. The first-order valence-electron chi connectivity index (χ1n) is 8.46. The molecule has 3 heterocycles. The summed E-state index contributed by atoms with van der Waals surface area (Å²) in [6, 6.07) is 1.79. The Balaban J connectivity index is 0.000000356. The lowest BCUT2D eigenvalue weighted by Gasteiger charge is -2.20. The van der Waals surface area contributed by atoms with Gasteiger partial charge in [-0.25, -0.2) is 4.98 Å². The number of rotatable bonds is 1. The van der Waals surface area contributed by atoms with Gasteiger partial charge in [-0.05, 0) is 18.9 Å². The number of ether oxygens (including phenoxy) is 1. The molecule has 1 fully saturated rings. The van der Waals surface area contributed by atoms with Crippen molar-refractivity contribution in [3.05, 3.63) is 17.8 Å². The summed E-state index contributed by atoms with van der Waals surface area (Å²) in [7, 11) is 1.60. The van der Waals surface area contributed by atoms with E-state index >= 15 is 0 Å². The lowest BCUT2D eigenvalue weighted by molar-refractivity contribution is -0.118. The Bertz CT molecular complexity index is 543. The van der Waals surface area contributed by atoms with Crippen molar-refractivity contribution >= 4 is 17.6 Å². The molecule has 2 amide bonds. The SMILES string of the molecule is CC.CNC(C)=O.O=C(c1cnc2c(c1)OCCN2)N1CCCC1. The van der Waals surface area contributed by atoms with Gasteiger partial charge in [0.2, 0.25) is 5.91 Å². The molecule has 3 rings (SSSR count). The van der Waals surface area contributed by atoms with Gasteiger partial charge >= 0.3 is 0 Å². The van der Waals surface area contributed by atoms with Crippen molar-refractivity contribution in [2.75, 3.05) is 38.6 Å². The van der Waals surface area contributed by atoms with Gasteiger partial charge in [0.05, 0.1) is 12.1 Å². The number of nitrogens with zero attached hydrogens (tertiary/aromatic N) is 2. The van der Waals surface area contributed by atoms with E-state index in [1.54, 1.807) is 19.3 Å². The molecule has 0 spiro atoms. The van der Waals surface area contributed by atoms with Crippen molar-refractivity contribution in [3.63, 3.8) is 0 Å². The number of carbonyl (C=O) groups excluding carboxylic acids is 2. The normalized spacial score (nSPS) is 14.6. The van der Waals surface area contributed by atoms with E-state index < -0.39 is 0 Å². The molecule has 0 atom stereocenters. The maximum Gasteiger partial charge on any atom is 0.255 e. The lowest BCUT2D eigenvalue weighted by atomic mass is 10.2. The first-order chi connectivity index (χ1) is 11.6. The van der Waals surface area contributed by atoms with Crippen LogP contribution in [0.2, 0.25) is 0 Å². The van der Waals surface area contributed by atoms with Gasteiger partial charge in [0.15, 0.2) is 11.6 Å². The van der Waals surface area contributed by atoms with E-state index in [4.69, 9.17) is 4.74 Å². The summed E-state index contributed by atoms with van der Waals surface area (Å²) in [5, 5.41) is 5.53. The third kappa shape index (κ3) is 5.72. The van der Waals surface area contributed by atoms with Crippen molar-refractivity contribution in [2.24, 2.45) is 0 Å². The van der Waals surface area contributed by atoms with E-state index in [-0.39, 0.29) is 11.8 Å². The number of amides is 2. The summed E-state index contributed by atoms with van der Waals surface area (Å²) in [6.45, 7) is 8.57. The van der Waals surface area contributed by atoms with Gasteiger partial charge in [-0.15, -0.1) is 0 Å². The van der Waals surface area contributed by atoms with Crippen LogP contribution in [0.4, 0.5) is 5.82 Å². The predicted molar refractivity (Wildman–Crippen MR) is 94.4 cm³/mol. The van der Waals surface area contributed by atoms with Gasteiger partial charge in [0.1, 0.15) is 6.61 Å². The van der Waals surface area contributed by atoms with Crippen LogP contribution in [0.1, 0.15) is 44.0 Å². The summed E-state index contributed by atoms with van der Waals surface area (Å²) in [5.41, 5.74) is 0.620. The Hall–Kier alpha value is -2.31. The molecule has 0 unspecified atom stereocenters. The van der Waals surface area contributed by atoms with Crippen molar-refractivity contribution in [1.29, 1.82) is 0 Å². The molecule has 0 aromatic carbocycles. The van der Waals surface area contributed by atoms with E-state index in [2.05, 4.69) is 15.6 Å². The van der Waals surface area contributed by atoms with Crippen LogP contribution < -0.4 is 15.4 Å². The topological polar surface area (TPSA) is 83.6 Å². The monoisotopic (exact) mass is 336 g/mol. The second-order valence-electron chi connectivity index (χ2n) is 5.15. The molecule has 0 radical (unpaired) electrons. The summed E-state index contributed by atoms with van der Waals surface area (Å²) < 4.78 is 5.48. The van der Waals surface area contributed by atoms with Gasteiger partial charge in [-0.1, -0.05) is 13.8 Å². The number of pyridine rings is 1. The number of anilines is 1. The smallest absolute Gasteiger partial charge is 0.255 e. The number of nitrogens with one attached hydrogen (secondary N) is 2. The van der Waals surface area contributed by atoms with Crippen LogP contribution in [0.15, 0.2) is 12.3 Å². The molecule has 1 saturated heterocycles. The number of hydrogen-bond acceptors (Lipinski definition) is 5. The minimum absolute atomic E-state index is 0.00463. The van der Waals surface area contributed by atoms with Crippen molar-refractivity contribution in [1.82, 2.24) is 15.2 Å². The van der Waals surface area contributed by atoms with Crippen molar-refractivity contribution in [2.45, 2.75) is 33.6 Å². The number of hydrogen-bond donors (Lipinski definition) is 2. The Morgan fingerprint density at radius 3 is 2.50 bits per heavy atom. The highest BCUT2D eigenvalue weighted by Crippen LogP contribution is 2.26. The Morgan fingerprint density at radius 2 is 1.92 bits per heavy atom. The number of aromatic nitrogens is 1. The van der Waals surface area contributed by atoms with E-state index in [1.165, 1.54) is 6.92 Å². The maximum atomic E-state index is 12.1. The molecule has 2 aliphatic rings. The zero-order valence-corrected chi connectivity index (χ0v) is 15.0. The van der Waals surface area contributed by atoms with Crippen LogP contribution in [0, 0.1) is 0 Å². The molecule has 7 heteroatoms. The summed E-state index contributed by atoms with van der Waals surface area (Å²) in [6.07, 6.45) is 3.82. The van der Waals surface area contributed by atoms with Gasteiger partial charge in [0.25, 0.3) is 5.91 Å². The Morgan fingerprint density at radius 1 is 1.29 bits per heavy atom. The summed E-state index contributed by atoms with van der Waals surface area (Å²) in [5.74, 6) is 1.48. The molecule has 134 valence electrons. The molecular weight excluding hydrogens is 308 g/mol. The van der Waals surface area contributed by atoms with E-state index in [9.17, 15) is 9.59 Å². The third-order valence-corrected chi connectivity index (χ3v) is 3.50. The van der Waals surface area contributed by atoms with Crippen LogP contribution in [0.25, 0.3) is 0 Å². The van der Waals surface area contributed by atoms with Gasteiger partial charge in [-0.3, -0.25) is 9.59 Å². The van der Waals surface area contributed by atoms with Crippen molar-refractivity contribution < 1.29 is 14.3 Å². The largest absolute Gasteiger partial charge is 0.488 e. The molecule has 2 aliphatic heterocycles. The minimum Gasteiger partial charge on any atom is -0.488 e. The highest BCUT2D eigenvalue weighted by atomic mass is 16.5. The lowest BCUT2D eigenvalue weighted by Crippen LogP contribution is -2.28. The molecule has 0 bridgehead atoms. The highest BCUT2D eigenvalue weighted by molar-refractivity contribution is 5.94. The highest BCUT2D eigenvalue weighted by Gasteiger charge is 2.21. The zero-order valence-electron chi connectivity index (χ0n) is 15.0. The maximum absolute atomic E-state index is 12.1. The molecule has 7 nitrogen and oxygen atoms in total. The molecule has 1 aromatic heterocycles. The predicted octanol–water partition coefficient (Wildman–Crippen LogP) is 1.90. The van der Waals surface area contributed by atoms with Gasteiger partial charge in [-0.2, -0.15) is 0 Å². The number of fused-ring (bicyclic) bond motifs is 1. The fraction of sp³-hybridized carbons (Fsp3) is 0.588. The van der Waals surface area contributed by atoms with Crippen LogP contribution in [0.5, 0.6) is 5.75 Å². The molecule has 1 aromatic rings. The molecule has 0 aliphatic carbocycles. The standard InChI is InChI=1S/C12H15N3O2.C3H7NO.C2H6/c16-12(15-4-1-2-5-15)9-7-10-11(14-8-9)13-3-6-17-10;1-3(5)4-2;1-2/h7-8H,1-6H2,(H,13,14);1-2H3,(H,4,5);1-2H3. The molecule has 24 heavy (non-hydrogen) atoms. The quantitative estimate of drug-likeness (QED) is 0.818. The fourth-order valence-electron chi connectivity index (χ4n) is 2.24. The molecular formula is C17H28N4O3. The van der Waals surface area contributed by atoms with E-state index in [1.807, 2.05) is 18.7 Å². The zero-order chi connectivity index (χ0) is 17.9. The van der Waals surface area contributed by atoms with E-state index in [0.717, 1.165) is 38.3 Å². The first-order valence-corrected chi connectivity index (χ1v) is 8.46. The Labute approximate surface area is 143 Å². The summed E-state index contributed by atoms with van der Waals surface area (Å²) >= 11 is 0. The molecule has 2 N–H and O–H groups in total. The fourth-order valence-corrected chi connectivity index (χ4v) is 2.24. The van der Waals surface area contributed by atoms with Gasteiger partial charge in [0, 0.05) is 33.3 Å². The third-order valence-electron chi connectivity index (χ3n) is 3.50. The van der Waals surface area contributed by atoms with Gasteiger partial charge < -0.3 is 20.3 Å².